The van der Waals surface area contributed by atoms with Gasteiger partial charge in [-0.1, -0.05) is 0 Å². The molecule has 5 nitrogen and oxygen atoms in total. The molecule has 1 aromatic carbocycles. The normalized spacial score (nSPS) is 12.2. The second-order valence-corrected chi connectivity index (χ2v) is 5.56. The lowest BCUT2D eigenvalue weighted by Crippen LogP contribution is -2.15. The minimum absolute atomic E-state index is 0.0536. The summed E-state index contributed by atoms with van der Waals surface area (Å²) in [5.74, 6) is -0.361. The highest BCUT2D eigenvalue weighted by atomic mass is 32.1. The summed E-state index contributed by atoms with van der Waals surface area (Å²) in [6.07, 6.45) is -0.769. The van der Waals surface area contributed by atoms with E-state index >= 15 is 0 Å². The molecule has 0 saturated carbocycles. The third-order valence-corrected chi connectivity index (χ3v) is 4.34. The standard InChI is InChI=1S/C14H15FN2O3S/c1-3-16(11-6-4-10(15)5-7-11)14-12(17(19)20)8-13(21-14)9(2)18/h4-9,18H,3H2,1-2H3/t9-/m0/s1. The van der Waals surface area contributed by atoms with E-state index in [4.69, 9.17) is 0 Å². The van der Waals surface area contributed by atoms with Crippen LogP contribution >= 0.6 is 11.3 Å². The Morgan fingerprint density at radius 2 is 2.05 bits per heavy atom. The van der Waals surface area contributed by atoms with Crippen molar-refractivity contribution in [3.63, 3.8) is 0 Å². The Morgan fingerprint density at radius 3 is 2.52 bits per heavy atom. The number of thiophene rings is 1. The SMILES string of the molecule is CCN(c1ccc(F)cc1)c1sc([C@H](C)O)cc1[N+](=O)[O-]. The Morgan fingerprint density at radius 1 is 1.43 bits per heavy atom. The van der Waals surface area contributed by atoms with Crippen molar-refractivity contribution in [2.75, 3.05) is 11.4 Å². The second kappa shape index (κ2) is 6.19. The Balaban J connectivity index is 2.50. The molecule has 0 radical (unpaired) electrons. The van der Waals surface area contributed by atoms with E-state index in [1.165, 1.54) is 29.5 Å². The number of benzene rings is 1. The maximum Gasteiger partial charge on any atom is 0.304 e. The van der Waals surface area contributed by atoms with Gasteiger partial charge in [0.1, 0.15) is 5.82 Å². The van der Waals surface area contributed by atoms with E-state index < -0.39 is 11.0 Å². The Bertz CT molecular complexity index is 640. The summed E-state index contributed by atoms with van der Waals surface area (Å²) in [6, 6.07) is 7.16. The summed E-state index contributed by atoms with van der Waals surface area (Å²) in [6.45, 7) is 3.91. The van der Waals surface area contributed by atoms with Gasteiger partial charge in [-0.05, 0) is 38.1 Å². The van der Waals surface area contributed by atoms with Gasteiger partial charge in [0, 0.05) is 23.2 Å². The zero-order valence-electron chi connectivity index (χ0n) is 11.6. The molecule has 1 N–H and O–H groups in total. The molecule has 0 amide bonds. The summed E-state index contributed by atoms with van der Waals surface area (Å²) in [5.41, 5.74) is 0.614. The molecule has 0 aliphatic carbocycles. The number of aliphatic hydroxyl groups is 1. The Hall–Kier alpha value is -1.99. The van der Waals surface area contributed by atoms with Crippen molar-refractivity contribution in [3.05, 3.63) is 51.1 Å². The molecule has 0 spiro atoms. The molecule has 21 heavy (non-hydrogen) atoms. The van der Waals surface area contributed by atoms with Gasteiger partial charge >= 0.3 is 5.69 Å². The van der Waals surface area contributed by atoms with E-state index in [0.29, 0.717) is 22.1 Å². The van der Waals surface area contributed by atoms with Crippen molar-refractivity contribution < 1.29 is 14.4 Å². The number of hydrogen-bond donors (Lipinski definition) is 1. The van der Waals surface area contributed by atoms with Crippen molar-refractivity contribution in [2.24, 2.45) is 0 Å². The number of aliphatic hydroxyl groups excluding tert-OH is 1. The van der Waals surface area contributed by atoms with Crippen LogP contribution in [0.1, 0.15) is 24.8 Å². The van der Waals surface area contributed by atoms with Gasteiger partial charge in [-0.15, -0.1) is 11.3 Å². The van der Waals surface area contributed by atoms with E-state index in [1.807, 2.05) is 6.92 Å². The van der Waals surface area contributed by atoms with Crippen LogP contribution < -0.4 is 4.90 Å². The summed E-state index contributed by atoms with van der Waals surface area (Å²) in [7, 11) is 0. The van der Waals surface area contributed by atoms with Crippen LogP contribution in [0.4, 0.5) is 20.8 Å². The molecule has 2 rings (SSSR count). The third-order valence-electron chi connectivity index (χ3n) is 3.02. The van der Waals surface area contributed by atoms with Gasteiger partial charge in [0.15, 0.2) is 5.00 Å². The van der Waals surface area contributed by atoms with Crippen LogP contribution in [0.3, 0.4) is 0 Å². The molecule has 7 heteroatoms. The van der Waals surface area contributed by atoms with Crippen molar-refractivity contribution in [1.29, 1.82) is 0 Å². The first kappa shape index (κ1) is 15.4. The third kappa shape index (κ3) is 3.20. The predicted molar refractivity (Wildman–Crippen MR) is 80.7 cm³/mol. The average molecular weight is 310 g/mol. The highest BCUT2D eigenvalue weighted by molar-refractivity contribution is 7.16. The van der Waals surface area contributed by atoms with Crippen LogP contribution in [-0.4, -0.2) is 16.6 Å². The fraction of sp³-hybridized carbons (Fsp3) is 0.286. The van der Waals surface area contributed by atoms with Crippen molar-refractivity contribution >= 4 is 27.7 Å². The number of halogens is 1. The lowest BCUT2D eigenvalue weighted by Gasteiger charge is -2.20. The van der Waals surface area contributed by atoms with E-state index in [-0.39, 0.29) is 11.5 Å². The minimum Gasteiger partial charge on any atom is -0.388 e. The number of nitrogens with zero attached hydrogens (tertiary/aromatic N) is 2. The first-order chi connectivity index (χ1) is 9.93. The quantitative estimate of drug-likeness (QED) is 0.669. The van der Waals surface area contributed by atoms with E-state index in [9.17, 15) is 19.6 Å². The molecule has 1 aromatic heterocycles. The molecule has 0 aliphatic rings. The maximum absolute atomic E-state index is 13.0. The number of anilines is 2. The van der Waals surface area contributed by atoms with Crippen LogP contribution in [0.5, 0.6) is 0 Å². The lowest BCUT2D eigenvalue weighted by atomic mass is 10.2. The van der Waals surface area contributed by atoms with Crippen LogP contribution in [0.2, 0.25) is 0 Å². The van der Waals surface area contributed by atoms with Crippen molar-refractivity contribution in [1.82, 2.24) is 0 Å². The summed E-state index contributed by atoms with van der Waals surface area (Å²) < 4.78 is 13.0. The van der Waals surface area contributed by atoms with Crippen LogP contribution in [-0.2, 0) is 0 Å². The summed E-state index contributed by atoms with van der Waals surface area (Å²) in [4.78, 5) is 13.0. The molecular weight excluding hydrogens is 295 g/mol. The summed E-state index contributed by atoms with van der Waals surface area (Å²) in [5, 5.41) is 21.3. The first-order valence-electron chi connectivity index (χ1n) is 6.43. The fourth-order valence-corrected chi connectivity index (χ4v) is 3.13. The molecule has 0 aliphatic heterocycles. The minimum atomic E-state index is -0.769. The van der Waals surface area contributed by atoms with Crippen molar-refractivity contribution in [3.8, 4) is 0 Å². The van der Waals surface area contributed by atoms with Crippen LogP contribution in [0, 0.1) is 15.9 Å². The Kier molecular flexibility index (Phi) is 4.54. The van der Waals surface area contributed by atoms with Crippen LogP contribution in [0.15, 0.2) is 30.3 Å². The van der Waals surface area contributed by atoms with E-state index in [2.05, 4.69) is 0 Å². The van der Waals surface area contributed by atoms with E-state index in [1.54, 1.807) is 24.0 Å². The molecule has 0 bridgehead atoms. The van der Waals surface area contributed by atoms with Gasteiger partial charge < -0.3 is 10.0 Å². The van der Waals surface area contributed by atoms with E-state index in [0.717, 1.165) is 0 Å². The smallest absolute Gasteiger partial charge is 0.304 e. The molecule has 2 aromatic rings. The van der Waals surface area contributed by atoms with Gasteiger partial charge in [-0.25, -0.2) is 4.39 Å². The molecule has 0 unspecified atom stereocenters. The van der Waals surface area contributed by atoms with Crippen molar-refractivity contribution in [2.45, 2.75) is 20.0 Å². The molecule has 0 fully saturated rings. The first-order valence-corrected chi connectivity index (χ1v) is 7.25. The molecule has 1 heterocycles. The number of rotatable bonds is 5. The van der Waals surface area contributed by atoms with Gasteiger partial charge in [-0.3, -0.25) is 10.1 Å². The highest BCUT2D eigenvalue weighted by Gasteiger charge is 2.25. The van der Waals surface area contributed by atoms with Gasteiger partial charge in [-0.2, -0.15) is 0 Å². The Labute approximate surface area is 125 Å². The monoisotopic (exact) mass is 310 g/mol. The second-order valence-electron chi connectivity index (χ2n) is 4.49. The zero-order valence-corrected chi connectivity index (χ0v) is 12.4. The maximum atomic E-state index is 13.0. The molecule has 1 atom stereocenters. The zero-order chi connectivity index (χ0) is 15.6. The molecule has 0 saturated heterocycles. The topological polar surface area (TPSA) is 66.6 Å². The predicted octanol–water partition coefficient (Wildman–Crippen LogP) is 4.01. The molecular formula is C14H15FN2O3S. The fourth-order valence-electron chi connectivity index (χ4n) is 1.98. The largest absolute Gasteiger partial charge is 0.388 e. The molecule has 112 valence electrons. The highest BCUT2D eigenvalue weighted by Crippen LogP contribution is 2.42. The number of nitro groups is 1. The lowest BCUT2D eigenvalue weighted by molar-refractivity contribution is -0.383. The summed E-state index contributed by atoms with van der Waals surface area (Å²) >= 11 is 1.17. The number of hydrogen-bond acceptors (Lipinski definition) is 5. The van der Waals surface area contributed by atoms with Gasteiger partial charge in [0.05, 0.1) is 11.0 Å². The van der Waals surface area contributed by atoms with Gasteiger partial charge in [0.25, 0.3) is 0 Å². The average Bonchev–Trinajstić information content (AvgIpc) is 2.87. The van der Waals surface area contributed by atoms with Gasteiger partial charge in [0.2, 0.25) is 0 Å². The van der Waals surface area contributed by atoms with Crippen LogP contribution in [0.25, 0.3) is 0 Å².